The molecule has 2 rings (SSSR count). The molecule has 0 aromatic carbocycles. The summed E-state index contributed by atoms with van der Waals surface area (Å²) in [5, 5.41) is 2.82. The summed E-state index contributed by atoms with van der Waals surface area (Å²) in [5.74, 6) is 0.0260. The zero-order valence-electron chi connectivity index (χ0n) is 9.55. The third-order valence-electron chi connectivity index (χ3n) is 2.26. The van der Waals surface area contributed by atoms with E-state index in [2.05, 4.69) is 16.4 Å². The molecule has 1 aliphatic rings. The molecule has 1 aromatic rings. The van der Waals surface area contributed by atoms with Crippen LogP contribution in [0, 0.1) is 6.92 Å². The van der Waals surface area contributed by atoms with Crippen molar-refractivity contribution in [1.29, 1.82) is 0 Å². The number of aryl methyl sites for hydroxylation is 1. The van der Waals surface area contributed by atoms with Crippen molar-refractivity contribution >= 4 is 5.91 Å². The summed E-state index contributed by atoms with van der Waals surface area (Å²) < 4.78 is 0. The van der Waals surface area contributed by atoms with Crippen molar-refractivity contribution in [1.82, 2.24) is 10.3 Å². The number of carbonyl (C=O) groups excluding carboxylic acids is 1. The largest absolute Gasteiger partial charge is 0.364 e. The Morgan fingerprint density at radius 2 is 2.00 bits per heavy atom. The molecule has 0 radical (unpaired) electrons. The molecule has 0 saturated heterocycles. The maximum absolute atomic E-state index is 11.6. The van der Waals surface area contributed by atoms with Crippen LogP contribution < -0.4 is 5.32 Å². The first-order valence-electron chi connectivity index (χ1n) is 5.39. The Morgan fingerprint density at radius 3 is 2.73 bits per heavy atom. The third-order valence-corrected chi connectivity index (χ3v) is 2.26. The number of rotatable bonds is 0. The quantitative estimate of drug-likeness (QED) is 0.628. The highest BCUT2D eigenvalue weighted by Crippen LogP contribution is 2.14. The van der Waals surface area contributed by atoms with Gasteiger partial charge in [0.05, 0.1) is 5.56 Å². The highest BCUT2D eigenvalue weighted by atomic mass is 16.1. The van der Waals surface area contributed by atoms with Crippen LogP contribution in [0.5, 0.6) is 0 Å². The van der Waals surface area contributed by atoms with Crippen LogP contribution in [0.15, 0.2) is 18.3 Å². The Bertz CT molecular complexity index is 364. The number of allylic oxidation sites excluding steroid dienone is 1. The van der Waals surface area contributed by atoms with Gasteiger partial charge in [-0.1, -0.05) is 26.0 Å². The summed E-state index contributed by atoms with van der Waals surface area (Å²) in [6, 6.07) is 0. The number of carbonyl (C=O) groups is 1. The zero-order chi connectivity index (χ0) is 11.3. The molecule has 0 atom stereocenters. The second kappa shape index (κ2) is 5.39. The van der Waals surface area contributed by atoms with Gasteiger partial charge in [-0.3, -0.25) is 4.79 Å². The minimum absolute atomic E-state index is 0.0260. The molecule has 15 heavy (non-hydrogen) atoms. The lowest BCUT2D eigenvalue weighted by Gasteiger charge is -2.07. The van der Waals surface area contributed by atoms with Crippen molar-refractivity contribution < 1.29 is 4.79 Å². The Hall–Kier alpha value is -1.51. The molecule has 2 heterocycles. The van der Waals surface area contributed by atoms with Gasteiger partial charge in [-0.05, 0) is 12.5 Å². The third kappa shape index (κ3) is 2.49. The summed E-state index contributed by atoms with van der Waals surface area (Å²) in [6.07, 6.45) is 6.73. The molecule has 0 fully saturated rings. The van der Waals surface area contributed by atoms with Gasteiger partial charge < -0.3 is 10.3 Å². The molecule has 0 unspecified atom stereocenters. The standard InChI is InChI=1S/C10H12N2O.C2H6/c1-7-6-12-8-4-2-3-5-11-10(13)9(7)8;1-2/h2-3,6,12H,4-5H2,1H3,(H,11,13);1-2H3. The van der Waals surface area contributed by atoms with E-state index in [-0.39, 0.29) is 5.91 Å². The minimum Gasteiger partial charge on any atom is -0.364 e. The summed E-state index contributed by atoms with van der Waals surface area (Å²) >= 11 is 0. The first-order valence-corrected chi connectivity index (χ1v) is 5.39. The van der Waals surface area contributed by atoms with E-state index >= 15 is 0 Å². The molecular weight excluding hydrogens is 188 g/mol. The van der Waals surface area contributed by atoms with Gasteiger partial charge in [0.15, 0.2) is 0 Å². The highest BCUT2D eigenvalue weighted by Gasteiger charge is 2.15. The van der Waals surface area contributed by atoms with Gasteiger partial charge >= 0.3 is 0 Å². The molecule has 1 aliphatic heterocycles. The van der Waals surface area contributed by atoms with Crippen molar-refractivity contribution in [2.45, 2.75) is 27.2 Å². The Labute approximate surface area is 90.6 Å². The van der Waals surface area contributed by atoms with Gasteiger partial charge in [-0.25, -0.2) is 0 Å². The Morgan fingerprint density at radius 1 is 1.27 bits per heavy atom. The van der Waals surface area contributed by atoms with Crippen LogP contribution >= 0.6 is 0 Å². The Kier molecular flexibility index (Phi) is 4.16. The number of hydrogen-bond acceptors (Lipinski definition) is 1. The molecule has 82 valence electrons. The van der Waals surface area contributed by atoms with Gasteiger partial charge in [0, 0.05) is 24.9 Å². The van der Waals surface area contributed by atoms with E-state index in [1.807, 2.05) is 33.0 Å². The van der Waals surface area contributed by atoms with Crippen molar-refractivity contribution in [2.75, 3.05) is 6.54 Å². The molecule has 3 heteroatoms. The summed E-state index contributed by atoms with van der Waals surface area (Å²) in [4.78, 5) is 14.7. The number of hydrogen-bond donors (Lipinski definition) is 2. The van der Waals surface area contributed by atoms with Crippen LogP contribution in [0.25, 0.3) is 0 Å². The van der Waals surface area contributed by atoms with Crippen molar-refractivity contribution in [3.05, 3.63) is 35.2 Å². The van der Waals surface area contributed by atoms with Crippen LogP contribution in [-0.4, -0.2) is 17.4 Å². The van der Waals surface area contributed by atoms with E-state index in [4.69, 9.17) is 0 Å². The van der Waals surface area contributed by atoms with Gasteiger partial charge in [0.2, 0.25) is 0 Å². The topological polar surface area (TPSA) is 44.9 Å². The summed E-state index contributed by atoms with van der Waals surface area (Å²) in [7, 11) is 0. The molecule has 0 aliphatic carbocycles. The number of aromatic nitrogens is 1. The van der Waals surface area contributed by atoms with E-state index in [9.17, 15) is 4.79 Å². The van der Waals surface area contributed by atoms with Gasteiger partial charge in [-0.2, -0.15) is 0 Å². The van der Waals surface area contributed by atoms with Gasteiger partial charge in [0.1, 0.15) is 0 Å². The molecule has 0 spiro atoms. The average Bonchev–Trinajstić information content (AvgIpc) is 2.58. The van der Waals surface area contributed by atoms with E-state index < -0.39 is 0 Å². The first-order chi connectivity index (χ1) is 7.29. The van der Waals surface area contributed by atoms with Crippen molar-refractivity contribution in [3.63, 3.8) is 0 Å². The van der Waals surface area contributed by atoms with E-state index in [0.717, 1.165) is 23.2 Å². The van der Waals surface area contributed by atoms with Crippen molar-refractivity contribution in [2.24, 2.45) is 0 Å². The number of fused-ring (bicyclic) bond motifs is 1. The van der Waals surface area contributed by atoms with Crippen LogP contribution in [0.2, 0.25) is 0 Å². The molecular formula is C12H18N2O. The van der Waals surface area contributed by atoms with E-state index in [1.165, 1.54) is 0 Å². The van der Waals surface area contributed by atoms with Crippen LogP contribution in [0.3, 0.4) is 0 Å². The number of aromatic amines is 1. The minimum atomic E-state index is 0.0260. The molecule has 2 N–H and O–H groups in total. The fourth-order valence-corrected chi connectivity index (χ4v) is 1.58. The zero-order valence-corrected chi connectivity index (χ0v) is 9.55. The number of amides is 1. The fraction of sp³-hybridized carbons (Fsp3) is 0.417. The molecule has 3 nitrogen and oxygen atoms in total. The maximum atomic E-state index is 11.6. The number of nitrogens with one attached hydrogen (secondary N) is 2. The molecule has 0 bridgehead atoms. The van der Waals surface area contributed by atoms with Crippen LogP contribution in [-0.2, 0) is 6.42 Å². The van der Waals surface area contributed by atoms with Gasteiger partial charge in [-0.15, -0.1) is 0 Å². The van der Waals surface area contributed by atoms with Gasteiger partial charge in [0.25, 0.3) is 5.91 Å². The monoisotopic (exact) mass is 206 g/mol. The normalized spacial score (nSPS) is 14.2. The lowest BCUT2D eigenvalue weighted by Crippen LogP contribution is -2.25. The average molecular weight is 206 g/mol. The van der Waals surface area contributed by atoms with Crippen LogP contribution in [0.1, 0.15) is 35.5 Å². The first kappa shape index (κ1) is 11.6. The second-order valence-electron chi connectivity index (χ2n) is 3.21. The highest BCUT2D eigenvalue weighted by molar-refractivity contribution is 5.97. The fourth-order valence-electron chi connectivity index (χ4n) is 1.58. The number of H-pyrrole nitrogens is 1. The molecule has 1 aromatic heterocycles. The van der Waals surface area contributed by atoms with E-state index in [0.29, 0.717) is 6.54 Å². The van der Waals surface area contributed by atoms with Crippen molar-refractivity contribution in [3.8, 4) is 0 Å². The van der Waals surface area contributed by atoms with Crippen LogP contribution in [0.4, 0.5) is 0 Å². The van der Waals surface area contributed by atoms with E-state index in [1.54, 1.807) is 0 Å². The summed E-state index contributed by atoms with van der Waals surface area (Å²) in [6.45, 7) is 6.57. The lowest BCUT2D eigenvalue weighted by atomic mass is 10.1. The SMILES string of the molecule is CC.Cc1c[nH]c2c1C(=O)NCC=CC2. The predicted molar refractivity (Wildman–Crippen MR) is 62.1 cm³/mol. The summed E-state index contributed by atoms with van der Waals surface area (Å²) in [5.41, 5.74) is 2.83. The molecule has 1 amide bonds. The Balaban J connectivity index is 0.000000531. The molecule has 0 saturated carbocycles. The maximum Gasteiger partial charge on any atom is 0.253 e. The lowest BCUT2D eigenvalue weighted by molar-refractivity contribution is 0.0956. The predicted octanol–water partition coefficient (Wildman–Crippen LogP) is 2.19. The second-order valence-corrected chi connectivity index (χ2v) is 3.21. The smallest absolute Gasteiger partial charge is 0.253 e.